The summed E-state index contributed by atoms with van der Waals surface area (Å²) in [6.07, 6.45) is 2.37. The molecule has 104 valence electrons. The monoisotopic (exact) mass is 265 g/mol. The van der Waals surface area contributed by atoms with Crippen molar-refractivity contribution in [3.8, 4) is 0 Å². The Bertz CT molecular complexity index is 561. The van der Waals surface area contributed by atoms with Crippen molar-refractivity contribution in [3.05, 3.63) is 71.3 Å². The van der Waals surface area contributed by atoms with Crippen LogP contribution in [0.1, 0.15) is 43.0 Å². The third kappa shape index (κ3) is 2.38. The molecule has 1 aliphatic rings. The summed E-state index contributed by atoms with van der Waals surface area (Å²) in [6, 6.07) is 20.9. The Hall–Kier alpha value is -1.60. The van der Waals surface area contributed by atoms with Gasteiger partial charge in [-0.05, 0) is 36.5 Å². The molecule has 0 radical (unpaired) electrons. The average Bonchev–Trinajstić information content (AvgIpc) is 2.53. The minimum atomic E-state index is 0.413. The second-order valence-electron chi connectivity index (χ2n) is 5.76. The van der Waals surface area contributed by atoms with E-state index < -0.39 is 0 Å². The summed E-state index contributed by atoms with van der Waals surface area (Å²) in [6.45, 7) is 5.79. The van der Waals surface area contributed by atoms with Crippen molar-refractivity contribution < 1.29 is 0 Å². The fraction of sp³-hybridized carbons (Fsp3) is 0.368. The Morgan fingerprint density at radius 2 is 1.75 bits per heavy atom. The molecule has 1 nitrogen and oxygen atoms in total. The second kappa shape index (κ2) is 5.80. The van der Waals surface area contributed by atoms with Gasteiger partial charge in [0, 0.05) is 12.6 Å². The Balaban J connectivity index is 2.08. The van der Waals surface area contributed by atoms with E-state index in [2.05, 4.69) is 73.3 Å². The highest BCUT2D eigenvalue weighted by Crippen LogP contribution is 2.36. The minimum absolute atomic E-state index is 0.413. The summed E-state index contributed by atoms with van der Waals surface area (Å²) in [5.74, 6) is 0. The summed E-state index contributed by atoms with van der Waals surface area (Å²) >= 11 is 0. The van der Waals surface area contributed by atoms with Crippen LogP contribution in [0.5, 0.6) is 0 Å². The molecule has 0 saturated carbocycles. The van der Waals surface area contributed by atoms with Crippen LogP contribution in [-0.2, 0) is 6.42 Å². The highest BCUT2D eigenvalue weighted by atomic mass is 15.2. The van der Waals surface area contributed by atoms with Gasteiger partial charge in [-0.25, -0.2) is 0 Å². The van der Waals surface area contributed by atoms with Crippen molar-refractivity contribution in [1.82, 2.24) is 4.90 Å². The third-order valence-electron chi connectivity index (χ3n) is 4.59. The van der Waals surface area contributed by atoms with E-state index in [1.165, 1.54) is 29.5 Å². The average molecular weight is 265 g/mol. The maximum absolute atomic E-state index is 2.66. The predicted octanol–water partition coefficient (Wildman–Crippen LogP) is 4.43. The molecule has 1 heterocycles. The molecule has 1 heteroatoms. The minimum Gasteiger partial charge on any atom is -0.289 e. The number of hydrogen-bond donors (Lipinski definition) is 0. The van der Waals surface area contributed by atoms with E-state index in [1.54, 1.807) is 0 Å². The van der Waals surface area contributed by atoms with Crippen LogP contribution in [0, 0.1) is 0 Å². The Kier molecular flexibility index (Phi) is 3.88. The van der Waals surface area contributed by atoms with Crippen LogP contribution in [0.3, 0.4) is 0 Å². The Morgan fingerprint density at radius 3 is 2.50 bits per heavy atom. The summed E-state index contributed by atoms with van der Waals surface area (Å²) in [5.41, 5.74) is 4.42. The molecular formula is C19H23N. The van der Waals surface area contributed by atoms with Crippen molar-refractivity contribution in [2.75, 3.05) is 6.54 Å². The first kappa shape index (κ1) is 13.4. The normalized spacial score (nSPS) is 20.4. The lowest BCUT2D eigenvalue weighted by Crippen LogP contribution is -2.41. The topological polar surface area (TPSA) is 3.24 Å². The van der Waals surface area contributed by atoms with Crippen LogP contribution in [0.25, 0.3) is 0 Å². The van der Waals surface area contributed by atoms with E-state index in [9.17, 15) is 0 Å². The van der Waals surface area contributed by atoms with E-state index in [4.69, 9.17) is 0 Å². The molecule has 0 aliphatic carbocycles. The van der Waals surface area contributed by atoms with Gasteiger partial charge in [0.2, 0.25) is 0 Å². The molecule has 1 aliphatic heterocycles. The van der Waals surface area contributed by atoms with Crippen molar-refractivity contribution in [2.45, 2.75) is 38.8 Å². The first-order chi connectivity index (χ1) is 9.81. The molecule has 3 rings (SSSR count). The van der Waals surface area contributed by atoms with E-state index in [-0.39, 0.29) is 0 Å². The highest BCUT2D eigenvalue weighted by Gasteiger charge is 2.30. The van der Waals surface area contributed by atoms with Gasteiger partial charge in [-0.2, -0.15) is 0 Å². The lowest BCUT2D eigenvalue weighted by atomic mass is 9.87. The van der Waals surface area contributed by atoms with Gasteiger partial charge in [0.15, 0.2) is 0 Å². The molecule has 2 unspecified atom stereocenters. The first-order valence-corrected chi connectivity index (χ1v) is 7.69. The first-order valence-electron chi connectivity index (χ1n) is 7.69. The van der Waals surface area contributed by atoms with Crippen molar-refractivity contribution in [2.24, 2.45) is 0 Å². The fourth-order valence-corrected chi connectivity index (χ4v) is 3.30. The fourth-order valence-electron chi connectivity index (χ4n) is 3.30. The molecule has 0 saturated heterocycles. The number of fused-ring (bicyclic) bond motifs is 1. The lowest BCUT2D eigenvalue weighted by molar-refractivity contribution is 0.153. The van der Waals surface area contributed by atoms with Crippen LogP contribution in [0.15, 0.2) is 54.6 Å². The zero-order valence-corrected chi connectivity index (χ0v) is 12.4. The number of rotatable bonds is 3. The van der Waals surface area contributed by atoms with Gasteiger partial charge >= 0.3 is 0 Å². The standard InChI is InChI=1S/C19H23N/c1-3-15(2)20-14-13-16-9-7-8-12-18(16)19(20)17-10-5-4-6-11-17/h4-12,15,19H,3,13-14H2,1-2H3. The Morgan fingerprint density at radius 1 is 1.05 bits per heavy atom. The molecule has 0 N–H and O–H groups in total. The molecule has 0 bridgehead atoms. The van der Waals surface area contributed by atoms with Gasteiger partial charge in [0.25, 0.3) is 0 Å². The SMILES string of the molecule is CCC(C)N1CCc2ccccc2C1c1ccccc1. The van der Waals surface area contributed by atoms with Crippen LogP contribution in [0.4, 0.5) is 0 Å². The van der Waals surface area contributed by atoms with E-state index >= 15 is 0 Å². The lowest BCUT2D eigenvalue weighted by Gasteiger charge is -2.41. The molecule has 2 aromatic rings. The van der Waals surface area contributed by atoms with Crippen LogP contribution < -0.4 is 0 Å². The molecule has 20 heavy (non-hydrogen) atoms. The van der Waals surface area contributed by atoms with Gasteiger partial charge < -0.3 is 0 Å². The zero-order valence-electron chi connectivity index (χ0n) is 12.4. The molecular weight excluding hydrogens is 242 g/mol. The van der Waals surface area contributed by atoms with Gasteiger partial charge in [-0.3, -0.25) is 4.90 Å². The van der Waals surface area contributed by atoms with E-state index in [1.807, 2.05) is 0 Å². The largest absolute Gasteiger partial charge is 0.289 e. The molecule has 2 aromatic carbocycles. The maximum Gasteiger partial charge on any atom is 0.0606 e. The number of hydrogen-bond acceptors (Lipinski definition) is 1. The van der Waals surface area contributed by atoms with Gasteiger partial charge in [0.05, 0.1) is 6.04 Å². The van der Waals surface area contributed by atoms with Gasteiger partial charge in [0.1, 0.15) is 0 Å². The van der Waals surface area contributed by atoms with Crippen molar-refractivity contribution in [3.63, 3.8) is 0 Å². The van der Waals surface area contributed by atoms with E-state index in [0.29, 0.717) is 12.1 Å². The second-order valence-corrected chi connectivity index (χ2v) is 5.76. The predicted molar refractivity (Wildman–Crippen MR) is 84.9 cm³/mol. The summed E-state index contributed by atoms with van der Waals surface area (Å²) in [7, 11) is 0. The molecule has 0 spiro atoms. The third-order valence-corrected chi connectivity index (χ3v) is 4.59. The van der Waals surface area contributed by atoms with E-state index in [0.717, 1.165) is 6.54 Å². The summed E-state index contributed by atoms with van der Waals surface area (Å²) < 4.78 is 0. The molecule has 0 fully saturated rings. The number of benzene rings is 2. The smallest absolute Gasteiger partial charge is 0.0606 e. The van der Waals surface area contributed by atoms with Crippen molar-refractivity contribution in [1.29, 1.82) is 0 Å². The summed E-state index contributed by atoms with van der Waals surface area (Å²) in [5, 5.41) is 0. The molecule has 0 aromatic heterocycles. The van der Waals surface area contributed by atoms with Gasteiger partial charge in [-0.1, -0.05) is 61.5 Å². The van der Waals surface area contributed by atoms with Crippen LogP contribution in [-0.4, -0.2) is 17.5 Å². The zero-order chi connectivity index (χ0) is 13.9. The highest BCUT2D eigenvalue weighted by molar-refractivity contribution is 5.39. The van der Waals surface area contributed by atoms with Gasteiger partial charge in [-0.15, -0.1) is 0 Å². The number of nitrogens with zero attached hydrogens (tertiary/aromatic N) is 1. The molecule has 0 amide bonds. The quantitative estimate of drug-likeness (QED) is 0.793. The maximum atomic E-state index is 2.66. The van der Waals surface area contributed by atoms with Crippen molar-refractivity contribution >= 4 is 0 Å². The Labute approximate surface area is 122 Å². The summed E-state index contributed by atoms with van der Waals surface area (Å²) in [4.78, 5) is 2.66. The molecule has 2 atom stereocenters. The van der Waals surface area contributed by atoms with Crippen LogP contribution in [0.2, 0.25) is 0 Å². The van der Waals surface area contributed by atoms with Crippen LogP contribution >= 0.6 is 0 Å².